The van der Waals surface area contributed by atoms with Gasteiger partial charge in [0.05, 0.1) is 44.5 Å². The molecule has 0 atom stereocenters. The van der Waals surface area contributed by atoms with Crippen LogP contribution in [0.5, 0.6) is 0 Å². The summed E-state index contributed by atoms with van der Waals surface area (Å²) in [6.07, 6.45) is 0. The van der Waals surface area contributed by atoms with E-state index in [0.29, 0.717) is 5.82 Å². The maximum atomic E-state index is 5.68. The van der Waals surface area contributed by atoms with Crippen LogP contribution in [-0.2, 0) is 0 Å². The molecule has 0 aliphatic rings. The zero-order valence-electron chi connectivity index (χ0n) is 54.7. The lowest BCUT2D eigenvalue weighted by molar-refractivity contribution is 1.15. The Bertz CT molecular complexity index is 6590. The van der Waals surface area contributed by atoms with E-state index in [1.165, 1.54) is 126 Å². The van der Waals surface area contributed by atoms with E-state index >= 15 is 0 Å². The quantitative estimate of drug-likeness (QED) is 0.144. The fourth-order valence-electron chi connectivity index (χ4n) is 16.6. The number of aromatic nitrogens is 5. The summed E-state index contributed by atoms with van der Waals surface area (Å²) in [7, 11) is 0. The second kappa shape index (κ2) is 22.5. The van der Waals surface area contributed by atoms with Gasteiger partial charge in [0.2, 0.25) is 0 Å². The van der Waals surface area contributed by atoms with Gasteiger partial charge >= 0.3 is 0 Å². The van der Waals surface area contributed by atoms with Crippen molar-refractivity contribution in [3.63, 3.8) is 0 Å². The molecule has 0 N–H and O–H groups in total. The van der Waals surface area contributed by atoms with Crippen molar-refractivity contribution in [3.05, 3.63) is 334 Å². The van der Waals surface area contributed by atoms with Crippen molar-refractivity contribution in [1.29, 1.82) is 0 Å². The van der Waals surface area contributed by atoms with Crippen LogP contribution in [0.25, 0.3) is 210 Å². The number of hydrogen-bond acceptors (Lipinski definition) is 5. The summed E-state index contributed by atoms with van der Waals surface area (Å²) >= 11 is 5.57. The highest BCUT2D eigenvalue weighted by Gasteiger charge is 2.23. The minimum atomic E-state index is 0.631. The lowest BCUT2D eigenvalue weighted by atomic mass is 9.98. The molecule has 5 nitrogen and oxygen atoms in total. The van der Waals surface area contributed by atoms with Crippen molar-refractivity contribution < 1.29 is 0 Å². The Hall–Kier alpha value is -12.6. The van der Waals surface area contributed by atoms with Gasteiger partial charge in [0.15, 0.2) is 5.82 Å². The summed E-state index contributed by atoms with van der Waals surface area (Å²) in [4.78, 5) is 11.4. The summed E-state index contributed by atoms with van der Waals surface area (Å²) in [5.74, 6) is 0.631. The Morgan fingerprint density at radius 2 is 0.490 bits per heavy atom. The maximum Gasteiger partial charge on any atom is 0.160 e. The Morgan fingerprint density at radius 3 is 0.863 bits per heavy atom. The number of benzene rings is 15. The van der Waals surface area contributed by atoms with Crippen LogP contribution in [0, 0.1) is 0 Å². The van der Waals surface area contributed by atoms with Crippen molar-refractivity contribution in [2.24, 2.45) is 0 Å². The molecule has 0 saturated heterocycles. The molecule has 0 saturated carbocycles. The fourth-order valence-corrected chi connectivity index (χ4v) is 19.8. The van der Waals surface area contributed by atoms with Gasteiger partial charge in [0.1, 0.15) is 0 Å². The highest BCUT2D eigenvalue weighted by molar-refractivity contribution is 7.26. The van der Waals surface area contributed by atoms with E-state index in [4.69, 9.17) is 9.97 Å². The number of nitrogens with zero attached hydrogens (tertiary/aromatic N) is 5. The largest absolute Gasteiger partial charge is 0.309 e. The third-order valence-corrected chi connectivity index (χ3v) is 24.5. The standard InChI is InChI=1S/C94H55N5S3/c1-7-34-79-71(28-1)91-65(56-43-46-88-74(52-56)68-25-4-10-40-85(68)100-88)31-16-37-82(91)97(79)62-22-13-19-59(49-62)77-55-78(60-20-14-23-63(50-60)98-80-35-8-2-29-72(80)92-66(32-17-38-83(92)98)57-44-47-89-75(53-57)69-26-5-11-41-86(69)101-89)96-94(95-77)61-21-15-24-64(51-61)99-81-36-9-3-30-73(81)93-67(33-18-39-84(93)99)58-45-48-90-76(54-58)70-27-6-12-42-87(70)102-90/h1-55H. The van der Waals surface area contributed by atoms with Crippen LogP contribution < -0.4 is 0 Å². The molecule has 22 aromatic rings. The van der Waals surface area contributed by atoms with Gasteiger partial charge in [-0.25, -0.2) is 9.97 Å². The van der Waals surface area contributed by atoms with Crippen molar-refractivity contribution in [1.82, 2.24) is 23.7 Å². The third kappa shape index (κ3) is 8.80. The molecule has 0 aliphatic carbocycles. The van der Waals surface area contributed by atoms with Crippen LogP contribution in [-0.4, -0.2) is 23.7 Å². The van der Waals surface area contributed by atoms with Gasteiger partial charge in [-0.1, -0.05) is 200 Å². The van der Waals surface area contributed by atoms with Gasteiger partial charge in [-0.05, 0) is 167 Å². The Kier molecular flexibility index (Phi) is 12.6. The first kappa shape index (κ1) is 57.4. The molecule has 0 amide bonds. The van der Waals surface area contributed by atoms with Gasteiger partial charge in [-0.15, -0.1) is 34.0 Å². The molecule has 0 spiro atoms. The molecule has 0 unspecified atom stereocenters. The van der Waals surface area contributed by atoms with Crippen LogP contribution >= 0.6 is 34.0 Å². The molecule has 0 aliphatic heterocycles. The Morgan fingerprint density at radius 1 is 0.196 bits per heavy atom. The summed E-state index contributed by atoms with van der Waals surface area (Å²) in [5, 5.41) is 15.0. The number of para-hydroxylation sites is 3. The average molecular weight is 1350 g/mol. The topological polar surface area (TPSA) is 40.6 Å². The van der Waals surface area contributed by atoms with Crippen LogP contribution in [0.1, 0.15) is 0 Å². The van der Waals surface area contributed by atoms with Crippen molar-refractivity contribution in [2.75, 3.05) is 0 Å². The van der Waals surface area contributed by atoms with Gasteiger partial charge in [0.25, 0.3) is 0 Å². The van der Waals surface area contributed by atoms with E-state index in [1.54, 1.807) is 0 Å². The molecule has 0 radical (unpaired) electrons. The molecule has 102 heavy (non-hydrogen) atoms. The van der Waals surface area contributed by atoms with Crippen LogP contribution in [0.3, 0.4) is 0 Å². The minimum absolute atomic E-state index is 0.631. The normalized spacial score (nSPS) is 12.1. The number of fused-ring (bicyclic) bond motifs is 18. The zero-order valence-corrected chi connectivity index (χ0v) is 57.2. The highest BCUT2D eigenvalue weighted by Crippen LogP contribution is 2.47. The van der Waals surface area contributed by atoms with Crippen LogP contribution in [0.15, 0.2) is 334 Å². The van der Waals surface area contributed by atoms with E-state index in [0.717, 1.165) is 78.2 Å². The van der Waals surface area contributed by atoms with Gasteiger partial charge in [0, 0.05) is 127 Å². The second-order valence-electron chi connectivity index (χ2n) is 26.7. The average Bonchev–Trinajstić information content (AvgIpc) is 1.58. The van der Waals surface area contributed by atoms with Crippen LogP contribution in [0.4, 0.5) is 0 Å². The number of rotatable bonds is 9. The van der Waals surface area contributed by atoms with Crippen molar-refractivity contribution >= 4 is 160 Å². The lowest BCUT2D eigenvalue weighted by Crippen LogP contribution is -2.00. The number of hydrogen-bond donors (Lipinski definition) is 0. The van der Waals surface area contributed by atoms with E-state index in [-0.39, 0.29) is 0 Å². The lowest BCUT2D eigenvalue weighted by Gasteiger charge is -2.14. The van der Waals surface area contributed by atoms with Gasteiger partial charge in [-0.3, -0.25) is 0 Å². The molecule has 0 fully saturated rings. The minimum Gasteiger partial charge on any atom is -0.309 e. The summed E-state index contributed by atoms with van der Waals surface area (Å²) in [6.45, 7) is 0. The van der Waals surface area contributed by atoms with Gasteiger partial charge < -0.3 is 13.7 Å². The van der Waals surface area contributed by atoms with E-state index in [2.05, 4.69) is 347 Å². The van der Waals surface area contributed by atoms with Crippen molar-refractivity contribution in [2.45, 2.75) is 0 Å². The molecular formula is C94H55N5S3. The smallest absolute Gasteiger partial charge is 0.160 e. The first-order valence-corrected chi connectivity index (χ1v) is 37.0. The summed E-state index contributed by atoms with van der Waals surface area (Å²) in [6, 6.07) is 123. The summed E-state index contributed by atoms with van der Waals surface area (Å²) in [5.41, 5.74) is 21.7. The zero-order chi connectivity index (χ0) is 66.7. The molecule has 7 heterocycles. The molecule has 22 rings (SSSR count). The molecular weight excluding hydrogens is 1300 g/mol. The van der Waals surface area contributed by atoms with Gasteiger partial charge in [-0.2, -0.15) is 0 Å². The van der Waals surface area contributed by atoms with Crippen molar-refractivity contribution in [3.8, 4) is 84.3 Å². The van der Waals surface area contributed by atoms with E-state index < -0.39 is 0 Å². The second-order valence-corrected chi connectivity index (χ2v) is 29.9. The molecule has 7 aromatic heterocycles. The number of thiophene rings is 3. The molecule has 15 aromatic carbocycles. The Labute approximate surface area is 597 Å². The van der Waals surface area contributed by atoms with Crippen LogP contribution in [0.2, 0.25) is 0 Å². The van der Waals surface area contributed by atoms with E-state index in [9.17, 15) is 0 Å². The highest BCUT2D eigenvalue weighted by atomic mass is 32.1. The third-order valence-electron chi connectivity index (χ3n) is 21.0. The predicted molar refractivity (Wildman–Crippen MR) is 436 cm³/mol. The first-order valence-electron chi connectivity index (χ1n) is 34.6. The predicted octanol–water partition coefficient (Wildman–Crippen LogP) is 26.9. The first-order chi connectivity index (χ1) is 50.5. The molecule has 474 valence electrons. The fraction of sp³-hybridized carbons (Fsp3) is 0. The Balaban J connectivity index is 0.716. The summed E-state index contributed by atoms with van der Waals surface area (Å²) < 4.78 is 15.1. The van der Waals surface area contributed by atoms with E-state index in [1.807, 2.05) is 34.0 Å². The monoisotopic (exact) mass is 1350 g/mol. The molecule has 0 bridgehead atoms. The maximum absolute atomic E-state index is 5.68. The molecule has 8 heteroatoms. The SMILES string of the molecule is c1cc(-c2cc(-c3cccc(-n4c5ccccc5c5c(-c6ccc7sc8ccccc8c7c6)cccc54)c3)nc(-c3cccc(-n4c5ccccc5c5c(-c6ccc7sc8ccccc8c7c6)cccc54)c3)n2)cc(-n2c3ccccc3c3c(-c4ccc5sc6ccccc6c5c4)cccc32)c1.